The average molecular weight is 569 g/mol. The summed E-state index contributed by atoms with van der Waals surface area (Å²) in [6, 6.07) is 13.6. The Labute approximate surface area is 214 Å². The van der Waals surface area contributed by atoms with Crippen LogP contribution in [0.2, 0.25) is 0 Å². The third-order valence-corrected chi connectivity index (χ3v) is 7.63. The lowest BCUT2D eigenvalue weighted by molar-refractivity contribution is 0.0529. The van der Waals surface area contributed by atoms with Crippen LogP contribution in [-0.4, -0.2) is 51.4 Å². The second kappa shape index (κ2) is 12.2. The van der Waals surface area contributed by atoms with Gasteiger partial charge in [0.15, 0.2) is 5.96 Å². The third kappa shape index (κ3) is 6.17. The van der Waals surface area contributed by atoms with E-state index in [0.29, 0.717) is 6.04 Å². The highest BCUT2D eigenvalue weighted by Crippen LogP contribution is 2.37. The summed E-state index contributed by atoms with van der Waals surface area (Å²) < 4.78 is 5.72. The number of aliphatic imine (C=N–C) groups is 1. The molecule has 1 aromatic carbocycles. The fourth-order valence-electron chi connectivity index (χ4n) is 4.88. The van der Waals surface area contributed by atoms with E-state index >= 15 is 0 Å². The number of halogens is 1. The van der Waals surface area contributed by atoms with Crippen molar-refractivity contribution < 1.29 is 4.74 Å². The largest absolute Gasteiger partial charge is 0.381 e. The summed E-state index contributed by atoms with van der Waals surface area (Å²) in [5.74, 6) is 0.955. The Morgan fingerprint density at radius 2 is 1.91 bits per heavy atom. The Balaban J connectivity index is 0.00000289. The van der Waals surface area contributed by atoms with E-state index in [1.807, 2.05) is 11.3 Å². The molecule has 0 bridgehead atoms. The van der Waals surface area contributed by atoms with Gasteiger partial charge in [-0.1, -0.05) is 24.3 Å². The van der Waals surface area contributed by atoms with Gasteiger partial charge < -0.3 is 20.3 Å². The molecule has 0 aliphatic carbocycles. The van der Waals surface area contributed by atoms with Crippen molar-refractivity contribution in [1.29, 1.82) is 0 Å². The van der Waals surface area contributed by atoms with Crippen LogP contribution in [0.25, 0.3) is 0 Å². The molecule has 2 aliphatic heterocycles. The second-order valence-corrected chi connectivity index (χ2v) is 9.69. The van der Waals surface area contributed by atoms with E-state index < -0.39 is 0 Å². The number of hydrogen-bond acceptors (Lipinski definition) is 4. The van der Waals surface area contributed by atoms with Crippen LogP contribution < -0.4 is 15.5 Å². The highest BCUT2D eigenvalue weighted by Gasteiger charge is 2.35. The molecule has 2 aromatic rings. The summed E-state index contributed by atoms with van der Waals surface area (Å²) in [6.07, 6.45) is 4.33. The van der Waals surface area contributed by atoms with Crippen molar-refractivity contribution in [2.45, 2.75) is 51.0 Å². The first-order valence-electron chi connectivity index (χ1n) is 11.7. The standard InChI is InChI=1S/C25H36N4OS.HI/c1-3-26-24(28-21-10-14-29(15-11-21)23-9-6-18-31-23)27-19-25(12-16-30-17-13-25)22-8-5-4-7-20(22)2;/h4-9,18,21H,3,10-17,19H2,1-2H3,(H2,26,27,28);1H. The number of ether oxygens (including phenoxy) is 1. The van der Waals surface area contributed by atoms with E-state index in [4.69, 9.17) is 9.73 Å². The normalized spacial score (nSPS) is 19.3. The molecular weight excluding hydrogens is 531 g/mol. The van der Waals surface area contributed by atoms with Crippen molar-refractivity contribution in [2.24, 2.45) is 4.99 Å². The van der Waals surface area contributed by atoms with E-state index in [2.05, 4.69) is 71.2 Å². The van der Waals surface area contributed by atoms with Gasteiger partial charge in [-0.05, 0) is 68.2 Å². The molecule has 0 saturated carbocycles. The predicted molar refractivity (Wildman–Crippen MR) is 147 cm³/mol. The smallest absolute Gasteiger partial charge is 0.191 e. The highest BCUT2D eigenvalue weighted by molar-refractivity contribution is 14.0. The van der Waals surface area contributed by atoms with Gasteiger partial charge in [0.05, 0.1) is 11.5 Å². The summed E-state index contributed by atoms with van der Waals surface area (Å²) in [4.78, 5) is 7.62. The second-order valence-electron chi connectivity index (χ2n) is 8.76. The van der Waals surface area contributed by atoms with Crippen molar-refractivity contribution in [3.05, 3.63) is 52.9 Å². The van der Waals surface area contributed by atoms with Crippen molar-refractivity contribution >= 4 is 46.3 Å². The number of benzene rings is 1. The fourth-order valence-corrected chi connectivity index (χ4v) is 5.67. The maximum atomic E-state index is 5.72. The predicted octanol–water partition coefficient (Wildman–Crippen LogP) is 4.95. The van der Waals surface area contributed by atoms with Gasteiger partial charge in [-0.3, -0.25) is 4.99 Å². The summed E-state index contributed by atoms with van der Waals surface area (Å²) in [6.45, 7) is 9.86. The lowest BCUT2D eigenvalue weighted by Gasteiger charge is -2.38. The van der Waals surface area contributed by atoms with E-state index in [0.717, 1.165) is 71.0 Å². The first kappa shape index (κ1) is 25.3. The quantitative estimate of drug-likeness (QED) is 0.294. The van der Waals surface area contributed by atoms with Crippen LogP contribution in [0.5, 0.6) is 0 Å². The fraction of sp³-hybridized carbons (Fsp3) is 0.560. The molecule has 3 heterocycles. The molecule has 0 radical (unpaired) electrons. The average Bonchev–Trinajstić information content (AvgIpc) is 3.34. The number of guanidine groups is 1. The monoisotopic (exact) mass is 568 g/mol. The van der Waals surface area contributed by atoms with Gasteiger partial charge in [-0.15, -0.1) is 35.3 Å². The molecule has 7 heteroatoms. The van der Waals surface area contributed by atoms with E-state index in [1.165, 1.54) is 16.1 Å². The minimum absolute atomic E-state index is 0. The van der Waals surface area contributed by atoms with Crippen molar-refractivity contribution in [1.82, 2.24) is 10.6 Å². The molecular formula is C25H37IN4OS. The van der Waals surface area contributed by atoms with Crippen LogP contribution in [0.3, 0.4) is 0 Å². The first-order chi connectivity index (χ1) is 15.2. The zero-order chi connectivity index (χ0) is 21.5. The number of nitrogens with one attached hydrogen (secondary N) is 2. The summed E-state index contributed by atoms with van der Waals surface area (Å²) in [7, 11) is 0. The van der Waals surface area contributed by atoms with Crippen LogP contribution in [0.1, 0.15) is 43.7 Å². The Bertz CT molecular complexity index is 843. The summed E-state index contributed by atoms with van der Waals surface area (Å²) in [5, 5.41) is 10.8. The summed E-state index contributed by atoms with van der Waals surface area (Å²) >= 11 is 1.83. The molecule has 0 atom stereocenters. The zero-order valence-corrected chi connectivity index (χ0v) is 22.5. The van der Waals surface area contributed by atoms with Crippen LogP contribution in [0.15, 0.2) is 46.8 Å². The zero-order valence-electron chi connectivity index (χ0n) is 19.3. The van der Waals surface area contributed by atoms with Gasteiger partial charge in [0.25, 0.3) is 0 Å². The van der Waals surface area contributed by atoms with Crippen molar-refractivity contribution in [3.8, 4) is 0 Å². The van der Waals surface area contributed by atoms with Gasteiger partial charge in [-0.2, -0.15) is 0 Å². The van der Waals surface area contributed by atoms with E-state index in [9.17, 15) is 0 Å². The SMILES string of the molecule is CCNC(=NCC1(c2ccccc2C)CCOCC1)NC1CCN(c2cccs2)CC1.I. The van der Waals surface area contributed by atoms with Crippen LogP contribution in [0, 0.1) is 6.92 Å². The van der Waals surface area contributed by atoms with Gasteiger partial charge in [0.2, 0.25) is 0 Å². The Morgan fingerprint density at radius 3 is 2.56 bits per heavy atom. The number of aryl methyl sites for hydroxylation is 1. The van der Waals surface area contributed by atoms with E-state index in [-0.39, 0.29) is 29.4 Å². The molecule has 2 fully saturated rings. The van der Waals surface area contributed by atoms with Gasteiger partial charge >= 0.3 is 0 Å². The lowest BCUT2D eigenvalue weighted by atomic mass is 9.72. The van der Waals surface area contributed by atoms with Crippen LogP contribution >= 0.6 is 35.3 Å². The third-order valence-electron chi connectivity index (χ3n) is 6.70. The number of nitrogens with zero attached hydrogens (tertiary/aromatic N) is 2. The number of piperidine rings is 1. The molecule has 2 N–H and O–H groups in total. The molecule has 32 heavy (non-hydrogen) atoms. The molecule has 2 saturated heterocycles. The number of rotatable bonds is 6. The maximum absolute atomic E-state index is 5.72. The number of thiophene rings is 1. The van der Waals surface area contributed by atoms with Crippen molar-refractivity contribution in [2.75, 3.05) is 44.3 Å². The number of hydrogen-bond donors (Lipinski definition) is 2. The molecule has 4 rings (SSSR count). The topological polar surface area (TPSA) is 48.9 Å². The molecule has 0 spiro atoms. The van der Waals surface area contributed by atoms with E-state index in [1.54, 1.807) is 0 Å². The van der Waals surface area contributed by atoms with Gasteiger partial charge in [0.1, 0.15) is 0 Å². The molecule has 1 aromatic heterocycles. The van der Waals surface area contributed by atoms with Gasteiger partial charge in [-0.25, -0.2) is 0 Å². The van der Waals surface area contributed by atoms with Crippen molar-refractivity contribution in [3.63, 3.8) is 0 Å². The Hall–Kier alpha value is -1.32. The van der Waals surface area contributed by atoms with Crippen LogP contribution in [-0.2, 0) is 10.2 Å². The number of anilines is 1. The first-order valence-corrected chi connectivity index (χ1v) is 12.6. The maximum Gasteiger partial charge on any atom is 0.191 e. The molecule has 0 unspecified atom stereocenters. The molecule has 2 aliphatic rings. The van der Waals surface area contributed by atoms with Crippen LogP contribution in [0.4, 0.5) is 5.00 Å². The Morgan fingerprint density at radius 1 is 1.16 bits per heavy atom. The molecule has 5 nitrogen and oxygen atoms in total. The highest BCUT2D eigenvalue weighted by atomic mass is 127. The summed E-state index contributed by atoms with van der Waals surface area (Å²) in [5.41, 5.74) is 2.86. The van der Waals surface area contributed by atoms with Gasteiger partial charge in [0, 0.05) is 44.3 Å². The molecule has 0 amide bonds. The lowest BCUT2D eigenvalue weighted by Crippen LogP contribution is -2.49. The molecule has 176 valence electrons. The Kier molecular flexibility index (Phi) is 9.67. The minimum Gasteiger partial charge on any atom is -0.381 e. The minimum atomic E-state index is 0.